The number of hydrogen-bond acceptors (Lipinski definition) is 16. The zero-order valence-electron chi connectivity index (χ0n) is 46.3. The molecule has 5 saturated heterocycles. The van der Waals surface area contributed by atoms with Gasteiger partial charge in [-0.15, -0.1) is 11.3 Å². The molecule has 2 amide bonds. The highest BCUT2D eigenvalue weighted by molar-refractivity contribution is 7.13. The SMILES string of the molecule is CCc1cccc2cc(O)cc(-c3ncc4c(N5CC6CCC(C5)N6)nc(OCCN5CC(CC6CCN(c7cc(C(C(=O)N8C[C@H](O)C[C@H]8C(=O)NC(C)c8ccc(-c9scnc9C)cc8)C(C)C)on7)CC6)C5)nc4c3F)c12. The van der Waals surface area contributed by atoms with Gasteiger partial charge in [-0.1, -0.05) is 68.4 Å². The lowest BCUT2D eigenvalue weighted by atomic mass is 9.83. The molecule has 4 N–H and O–H groups in total. The lowest BCUT2D eigenvalue weighted by Crippen LogP contribution is -2.51. The van der Waals surface area contributed by atoms with E-state index < -0.39 is 23.9 Å². The van der Waals surface area contributed by atoms with Gasteiger partial charge < -0.3 is 44.8 Å². The lowest BCUT2D eigenvalue weighted by Gasteiger charge is -2.42. The van der Waals surface area contributed by atoms with Crippen molar-refractivity contribution in [3.63, 3.8) is 0 Å². The van der Waals surface area contributed by atoms with Gasteiger partial charge in [-0.05, 0) is 110 Å². The highest BCUT2D eigenvalue weighted by Gasteiger charge is 2.44. The first-order valence-corrected chi connectivity index (χ1v) is 29.6. The molecule has 19 heteroatoms. The summed E-state index contributed by atoms with van der Waals surface area (Å²) in [5, 5.41) is 35.1. The van der Waals surface area contributed by atoms with Gasteiger partial charge in [0.05, 0.1) is 33.6 Å². The number of ether oxygens (including phenoxy) is 1. The van der Waals surface area contributed by atoms with E-state index in [9.17, 15) is 19.8 Å². The number of aromatic nitrogens is 5. The molecule has 3 aromatic carbocycles. The largest absolute Gasteiger partial charge is 0.508 e. The van der Waals surface area contributed by atoms with Crippen molar-refractivity contribution in [1.29, 1.82) is 0 Å². The molecule has 0 spiro atoms. The Kier molecular flexibility index (Phi) is 15.2. The number of halogens is 1. The Bertz CT molecular complexity index is 3380. The molecule has 0 radical (unpaired) electrons. The second-order valence-corrected chi connectivity index (χ2v) is 24.2. The van der Waals surface area contributed by atoms with Crippen molar-refractivity contribution < 1.29 is 33.5 Å². The molecule has 7 aromatic rings. The van der Waals surface area contributed by atoms with Gasteiger partial charge in [0.15, 0.2) is 17.4 Å². The van der Waals surface area contributed by atoms with Gasteiger partial charge in [-0.3, -0.25) is 19.5 Å². The van der Waals surface area contributed by atoms with Crippen LogP contribution in [0.3, 0.4) is 0 Å². The smallest absolute Gasteiger partial charge is 0.319 e. The number of piperidine rings is 1. The summed E-state index contributed by atoms with van der Waals surface area (Å²) in [6, 6.07) is 18.9. The summed E-state index contributed by atoms with van der Waals surface area (Å²) in [5.41, 5.74) is 6.68. The molecule has 5 fully saturated rings. The standard InChI is InChI=1S/C61H72FN11O6S/c1-6-39-8-7-9-42-23-45(74)24-47(53(39)42)55-54(62)56-48(27-63-55)58(72-30-43-14-15-44(31-72)66-43)68-61(67-56)78-21-20-70-28-38(29-70)22-37-16-18-71(19-17-37)51-26-50(79-69-51)52(34(2)3)60(77)73-32-46(75)25-49(73)59(76)65-35(4)40-10-12-41(13-11-40)57-36(5)64-33-80-57/h7-13,23-24,26-27,33-35,37-38,43-44,46,49,52,66,74-75H,6,14-22,25,28-32H2,1-5H3,(H,65,76)/t35?,43?,44?,46-,49+,52?/m1/s1. The van der Waals surface area contributed by atoms with E-state index >= 15 is 4.39 Å². The number of carbonyl (C=O) groups excluding carboxylic acids is 2. The molecular formula is C61H72FN11O6S. The van der Waals surface area contributed by atoms with Crippen LogP contribution < -0.4 is 25.2 Å². The fraction of sp³-hybridized carbons (Fsp3) is 0.492. The Morgan fingerprint density at radius 3 is 2.44 bits per heavy atom. The second kappa shape index (κ2) is 22.6. The van der Waals surface area contributed by atoms with Gasteiger partial charge in [0.1, 0.15) is 41.3 Å². The van der Waals surface area contributed by atoms with Gasteiger partial charge in [0.25, 0.3) is 0 Å². The van der Waals surface area contributed by atoms with Crippen molar-refractivity contribution in [3.8, 4) is 33.5 Å². The first-order valence-electron chi connectivity index (χ1n) is 28.7. The minimum absolute atomic E-state index is 0.0437. The number of aliphatic hydroxyl groups is 1. The Hall–Kier alpha value is -6.80. The molecule has 17 nitrogen and oxygen atoms in total. The number of piperazine rings is 1. The first-order chi connectivity index (χ1) is 38.7. The van der Waals surface area contributed by atoms with Crippen LogP contribution in [-0.4, -0.2) is 140 Å². The lowest BCUT2D eigenvalue weighted by molar-refractivity contribution is -0.141. The number of thiazole rings is 1. The zero-order valence-corrected chi connectivity index (χ0v) is 47.1. The van der Waals surface area contributed by atoms with Crippen molar-refractivity contribution in [1.82, 2.24) is 45.5 Å². The fourth-order valence-electron chi connectivity index (χ4n) is 13.3. The summed E-state index contributed by atoms with van der Waals surface area (Å²) in [4.78, 5) is 56.5. The normalized spacial score (nSPS) is 21.7. The Labute approximate surface area is 469 Å². The number of anilines is 2. The van der Waals surface area contributed by atoms with Crippen LogP contribution in [0.15, 0.2) is 76.9 Å². The minimum Gasteiger partial charge on any atom is -0.508 e. The number of amides is 2. The maximum Gasteiger partial charge on any atom is 0.319 e. The van der Waals surface area contributed by atoms with E-state index in [2.05, 4.69) is 42.4 Å². The quantitative estimate of drug-likeness (QED) is 0.0674. The summed E-state index contributed by atoms with van der Waals surface area (Å²) in [6.07, 6.45) is 7.13. The monoisotopic (exact) mass is 1110 g/mol. The maximum absolute atomic E-state index is 17.1. The van der Waals surface area contributed by atoms with E-state index in [-0.39, 0.29) is 59.7 Å². The van der Waals surface area contributed by atoms with E-state index in [1.165, 1.54) is 4.90 Å². The number of benzene rings is 3. The summed E-state index contributed by atoms with van der Waals surface area (Å²) >= 11 is 1.59. The van der Waals surface area contributed by atoms with E-state index in [4.69, 9.17) is 24.2 Å². The van der Waals surface area contributed by atoms with E-state index in [0.717, 1.165) is 116 Å². The van der Waals surface area contributed by atoms with Crippen LogP contribution in [0.2, 0.25) is 0 Å². The predicted molar refractivity (Wildman–Crippen MR) is 307 cm³/mol. The number of hydrogen-bond donors (Lipinski definition) is 4. The second-order valence-electron chi connectivity index (χ2n) is 23.4. The molecule has 5 aliphatic heterocycles. The summed E-state index contributed by atoms with van der Waals surface area (Å²) in [5.74, 6) is 1.08. The Morgan fingerprint density at radius 2 is 1.71 bits per heavy atom. The average molecular weight is 1110 g/mol. The van der Waals surface area contributed by atoms with E-state index in [0.29, 0.717) is 65.4 Å². The van der Waals surface area contributed by atoms with Gasteiger partial charge in [0.2, 0.25) is 11.8 Å². The number of nitrogens with one attached hydrogen (secondary N) is 2. The van der Waals surface area contributed by atoms with Crippen molar-refractivity contribution in [2.24, 2.45) is 17.8 Å². The van der Waals surface area contributed by atoms with Crippen LogP contribution in [0.4, 0.5) is 16.0 Å². The molecule has 2 bridgehead atoms. The number of aromatic hydroxyl groups is 1. The molecule has 9 heterocycles. The number of rotatable bonds is 17. The third-order valence-corrected chi connectivity index (χ3v) is 18.5. The van der Waals surface area contributed by atoms with Crippen LogP contribution in [0.25, 0.3) is 43.4 Å². The summed E-state index contributed by atoms with van der Waals surface area (Å²) in [7, 11) is 0. The van der Waals surface area contributed by atoms with Gasteiger partial charge in [-0.2, -0.15) is 9.97 Å². The van der Waals surface area contributed by atoms with Crippen LogP contribution in [0.5, 0.6) is 11.8 Å². The molecule has 0 aliphatic carbocycles. The summed E-state index contributed by atoms with van der Waals surface area (Å²) in [6.45, 7) is 16.2. The number of carbonyl (C=O) groups is 2. The van der Waals surface area contributed by atoms with Gasteiger partial charge in [-0.25, -0.2) is 9.37 Å². The first kappa shape index (κ1) is 53.8. The van der Waals surface area contributed by atoms with E-state index in [1.54, 1.807) is 29.7 Å². The van der Waals surface area contributed by atoms with Crippen LogP contribution in [-0.2, 0) is 16.0 Å². The number of pyridine rings is 1. The number of aryl methyl sites for hydroxylation is 2. The Balaban J connectivity index is 0.640. The molecule has 12 rings (SSSR count). The summed E-state index contributed by atoms with van der Waals surface area (Å²) < 4.78 is 29.4. The highest BCUT2D eigenvalue weighted by atomic mass is 32.1. The number of likely N-dealkylation sites (tertiary alicyclic amines) is 2. The average Bonchev–Trinajstić information content (AvgIpc) is 4.30. The van der Waals surface area contributed by atoms with E-state index in [1.807, 2.05) is 81.7 Å². The topological polar surface area (TPSA) is 198 Å². The molecule has 4 unspecified atom stereocenters. The third-order valence-electron chi connectivity index (χ3n) is 17.5. The van der Waals surface area contributed by atoms with Gasteiger partial charge >= 0.3 is 6.01 Å². The van der Waals surface area contributed by atoms with Crippen molar-refractivity contribution in [2.45, 2.75) is 116 Å². The number of nitrogens with zero attached hydrogens (tertiary/aromatic N) is 9. The minimum atomic E-state index is -0.817. The number of aliphatic hydroxyl groups excluding tert-OH is 1. The maximum atomic E-state index is 17.1. The molecule has 0 saturated carbocycles. The van der Waals surface area contributed by atoms with Crippen LogP contribution in [0, 0.1) is 30.5 Å². The van der Waals surface area contributed by atoms with Gasteiger partial charge in [0, 0.05) is 88.7 Å². The molecular weight excluding hydrogens is 1030 g/mol. The molecule has 420 valence electrons. The van der Waals surface area contributed by atoms with Crippen molar-refractivity contribution in [2.75, 3.05) is 68.8 Å². The van der Waals surface area contributed by atoms with Crippen LogP contribution in [0.1, 0.15) is 101 Å². The molecule has 6 atom stereocenters. The zero-order chi connectivity index (χ0) is 55.3. The van der Waals surface area contributed by atoms with Crippen molar-refractivity contribution in [3.05, 3.63) is 101 Å². The Morgan fingerprint density at radius 1 is 0.938 bits per heavy atom. The van der Waals surface area contributed by atoms with Crippen LogP contribution >= 0.6 is 11.3 Å². The van der Waals surface area contributed by atoms with Crippen molar-refractivity contribution >= 4 is 56.5 Å². The molecule has 5 aliphatic rings. The number of β-amino-alcohol motifs (C(OH)–C–C–N with tert-alkyl or cyclic N) is 1. The number of fused-ring (bicyclic) bond motifs is 4. The predicted octanol–water partition coefficient (Wildman–Crippen LogP) is 8.81. The third kappa shape index (κ3) is 10.8. The highest BCUT2D eigenvalue weighted by Crippen LogP contribution is 2.40. The number of phenols is 1. The molecule has 4 aromatic heterocycles. The molecule has 80 heavy (non-hydrogen) atoms. The number of phenolic OH excluding ortho intramolecular Hbond substituents is 1. The fourth-order valence-corrected chi connectivity index (χ4v) is 14.1.